The van der Waals surface area contributed by atoms with Crippen molar-refractivity contribution in [1.29, 1.82) is 0 Å². The molecule has 6 heteroatoms. The Morgan fingerprint density at radius 1 is 1.38 bits per heavy atom. The minimum absolute atomic E-state index is 0.0250. The van der Waals surface area contributed by atoms with Gasteiger partial charge >= 0.3 is 0 Å². The van der Waals surface area contributed by atoms with E-state index in [-0.39, 0.29) is 17.5 Å². The van der Waals surface area contributed by atoms with Gasteiger partial charge in [0.1, 0.15) is 11.6 Å². The normalized spacial score (nSPS) is 19.0. The fourth-order valence-electron chi connectivity index (χ4n) is 2.60. The van der Waals surface area contributed by atoms with E-state index in [0.29, 0.717) is 34.6 Å². The van der Waals surface area contributed by atoms with Gasteiger partial charge in [0.25, 0.3) is 0 Å². The van der Waals surface area contributed by atoms with Gasteiger partial charge in [-0.05, 0) is 31.0 Å². The monoisotopic (exact) mass is 352 g/mol. The predicted molar refractivity (Wildman–Crippen MR) is 78.1 cm³/mol. The Hall–Kier alpha value is -1.56. The number of nitrogens with zero attached hydrogens (tertiary/aromatic N) is 2. The van der Waals surface area contributed by atoms with Gasteiger partial charge in [0, 0.05) is 28.8 Å². The molecule has 3 rings (SSSR count). The quantitative estimate of drug-likeness (QED) is 0.839. The molecule has 21 heavy (non-hydrogen) atoms. The minimum Gasteiger partial charge on any atom is -0.339 e. The number of hydrogen-bond donors (Lipinski definition) is 0. The molecule has 110 valence electrons. The van der Waals surface area contributed by atoms with E-state index in [0.717, 1.165) is 19.3 Å². The zero-order chi connectivity index (χ0) is 14.8. The highest BCUT2D eigenvalue weighted by atomic mass is 79.9. The van der Waals surface area contributed by atoms with Gasteiger partial charge < -0.3 is 4.52 Å². The summed E-state index contributed by atoms with van der Waals surface area (Å²) in [6, 6.07) is 4.31. The Morgan fingerprint density at radius 2 is 2.24 bits per heavy atom. The number of carbonyl (C=O) groups is 1. The van der Waals surface area contributed by atoms with Crippen LogP contribution in [0.1, 0.15) is 31.6 Å². The molecule has 1 aromatic carbocycles. The molecular formula is C15H14BrFN2O2. The van der Waals surface area contributed by atoms with Crippen molar-refractivity contribution in [3.63, 3.8) is 0 Å². The van der Waals surface area contributed by atoms with Crippen LogP contribution in [0.15, 0.2) is 27.2 Å². The summed E-state index contributed by atoms with van der Waals surface area (Å²) >= 11 is 3.34. The molecule has 1 unspecified atom stereocenters. The number of hydrogen-bond acceptors (Lipinski definition) is 4. The third-order valence-corrected chi connectivity index (χ3v) is 4.43. The smallest absolute Gasteiger partial charge is 0.227 e. The van der Waals surface area contributed by atoms with E-state index in [1.54, 1.807) is 6.07 Å². The standard InChI is InChI=1S/C15H14BrFN2O2/c16-12-6-5-10(17)8-11(12)15-18-14(21-19-15)7-9-3-1-2-4-13(9)20/h5-6,8-9H,1-4,7H2. The molecule has 0 radical (unpaired) electrons. The Bertz CT molecular complexity index is 671. The maximum atomic E-state index is 13.3. The summed E-state index contributed by atoms with van der Waals surface area (Å²) in [5, 5.41) is 3.88. The molecule has 0 bridgehead atoms. The van der Waals surface area contributed by atoms with E-state index in [4.69, 9.17) is 4.52 Å². The third-order valence-electron chi connectivity index (χ3n) is 3.74. The number of Topliss-reactive ketones (excluding diaryl/α,β-unsaturated/α-hetero) is 1. The molecule has 0 spiro atoms. The summed E-state index contributed by atoms with van der Waals surface area (Å²) in [6.45, 7) is 0. The minimum atomic E-state index is -0.359. The van der Waals surface area contributed by atoms with Gasteiger partial charge in [0.2, 0.25) is 11.7 Å². The lowest BCUT2D eigenvalue weighted by atomic mass is 9.86. The highest BCUT2D eigenvalue weighted by Gasteiger charge is 2.25. The number of rotatable bonds is 3. The summed E-state index contributed by atoms with van der Waals surface area (Å²) in [5.41, 5.74) is 0.542. The van der Waals surface area contributed by atoms with Gasteiger partial charge in [-0.15, -0.1) is 0 Å². The van der Waals surface area contributed by atoms with Gasteiger partial charge in [-0.1, -0.05) is 27.5 Å². The van der Waals surface area contributed by atoms with Crippen molar-refractivity contribution in [3.05, 3.63) is 34.4 Å². The van der Waals surface area contributed by atoms with Gasteiger partial charge in [0.05, 0.1) is 0 Å². The number of carbonyl (C=O) groups excluding carboxylic acids is 1. The average Bonchev–Trinajstić information content (AvgIpc) is 2.92. The summed E-state index contributed by atoms with van der Waals surface area (Å²) in [7, 11) is 0. The van der Waals surface area contributed by atoms with Gasteiger partial charge in [-0.3, -0.25) is 4.79 Å². The lowest BCUT2D eigenvalue weighted by molar-refractivity contribution is -0.124. The Balaban J connectivity index is 1.80. The Morgan fingerprint density at radius 3 is 3.05 bits per heavy atom. The van der Waals surface area contributed by atoms with Crippen LogP contribution in [-0.4, -0.2) is 15.9 Å². The van der Waals surface area contributed by atoms with Crippen LogP contribution in [0.25, 0.3) is 11.4 Å². The topological polar surface area (TPSA) is 56.0 Å². The molecule has 1 aliphatic carbocycles. The average molecular weight is 353 g/mol. The lowest BCUT2D eigenvalue weighted by Crippen LogP contribution is -2.21. The van der Waals surface area contributed by atoms with E-state index in [1.165, 1.54) is 12.1 Å². The highest BCUT2D eigenvalue weighted by Crippen LogP contribution is 2.28. The molecule has 1 aliphatic rings. The maximum absolute atomic E-state index is 13.3. The van der Waals surface area contributed by atoms with Crippen LogP contribution in [0.3, 0.4) is 0 Å². The summed E-state index contributed by atoms with van der Waals surface area (Å²) in [4.78, 5) is 16.1. The third kappa shape index (κ3) is 3.20. The zero-order valence-electron chi connectivity index (χ0n) is 11.3. The first-order chi connectivity index (χ1) is 10.1. The van der Waals surface area contributed by atoms with Crippen molar-refractivity contribution in [2.75, 3.05) is 0 Å². The highest BCUT2D eigenvalue weighted by molar-refractivity contribution is 9.10. The van der Waals surface area contributed by atoms with Crippen LogP contribution in [-0.2, 0) is 11.2 Å². The van der Waals surface area contributed by atoms with Crippen molar-refractivity contribution in [1.82, 2.24) is 10.1 Å². The second-order valence-corrected chi connectivity index (χ2v) is 6.10. The SMILES string of the molecule is O=C1CCCCC1Cc1nc(-c2cc(F)ccc2Br)no1. The van der Waals surface area contributed by atoms with Crippen LogP contribution >= 0.6 is 15.9 Å². The van der Waals surface area contributed by atoms with Gasteiger partial charge in [0.15, 0.2) is 0 Å². The number of halogens is 2. The Labute approximate surface area is 129 Å². The van der Waals surface area contributed by atoms with Gasteiger partial charge in [-0.2, -0.15) is 4.98 Å². The molecule has 2 aromatic rings. The van der Waals surface area contributed by atoms with Crippen LogP contribution in [0, 0.1) is 11.7 Å². The summed E-state index contributed by atoms with van der Waals surface area (Å²) in [6.07, 6.45) is 4.02. The largest absolute Gasteiger partial charge is 0.339 e. The molecule has 1 fully saturated rings. The number of aromatic nitrogens is 2. The molecule has 0 saturated heterocycles. The molecule has 1 atom stereocenters. The van der Waals surface area contributed by atoms with E-state index >= 15 is 0 Å². The van der Waals surface area contributed by atoms with Crippen LogP contribution < -0.4 is 0 Å². The van der Waals surface area contributed by atoms with Gasteiger partial charge in [-0.25, -0.2) is 4.39 Å². The Kier molecular flexibility index (Phi) is 4.14. The second-order valence-electron chi connectivity index (χ2n) is 5.25. The first-order valence-electron chi connectivity index (χ1n) is 6.94. The first kappa shape index (κ1) is 14.4. The van der Waals surface area contributed by atoms with Crippen molar-refractivity contribution in [2.24, 2.45) is 5.92 Å². The molecule has 1 heterocycles. The maximum Gasteiger partial charge on any atom is 0.227 e. The fourth-order valence-corrected chi connectivity index (χ4v) is 3.02. The summed E-state index contributed by atoms with van der Waals surface area (Å²) < 4.78 is 19.2. The predicted octanol–water partition coefficient (Wildman–Crippen LogP) is 3.94. The van der Waals surface area contributed by atoms with E-state index in [2.05, 4.69) is 26.1 Å². The molecule has 0 N–H and O–H groups in total. The zero-order valence-corrected chi connectivity index (χ0v) is 12.9. The molecule has 0 amide bonds. The molecule has 0 aliphatic heterocycles. The van der Waals surface area contributed by atoms with Crippen molar-refractivity contribution in [2.45, 2.75) is 32.1 Å². The van der Waals surface area contributed by atoms with Crippen LogP contribution in [0.5, 0.6) is 0 Å². The second kappa shape index (κ2) is 6.05. The molecular weight excluding hydrogens is 339 g/mol. The van der Waals surface area contributed by atoms with Crippen molar-refractivity contribution in [3.8, 4) is 11.4 Å². The van der Waals surface area contributed by atoms with E-state index < -0.39 is 0 Å². The van der Waals surface area contributed by atoms with E-state index in [9.17, 15) is 9.18 Å². The van der Waals surface area contributed by atoms with E-state index in [1.807, 2.05) is 0 Å². The number of benzene rings is 1. The fraction of sp³-hybridized carbons (Fsp3) is 0.400. The molecule has 1 saturated carbocycles. The van der Waals surface area contributed by atoms with Crippen molar-refractivity contribution >= 4 is 21.7 Å². The molecule has 4 nitrogen and oxygen atoms in total. The first-order valence-corrected chi connectivity index (χ1v) is 7.73. The van der Waals surface area contributed by atoms with Crippen LogP contribution in [0.4, 0.5) is 4.39 Å². The lowest BCUT2D eigenvalue weighted by Gasteiger charge is -2.18. The molecule has 1 aromatic heterocycles. The number of ketones is 1. The summed E-state index contributed by atoms with van der Waals surface area (Å²) in [5.74, 6) is 0.652. The van der Waals surface area contributed by atoms with Crippen LogP contribution in [0.2, 0.25) is 0 Å². The van der Waals surface area contributed by atoms with Crippen molar-refractivity contribution < 1.29 is 13.7 Å².